The van der Waals surface area contributed by atoms with E-state index in [9.17, 15) is 13.2 Å². The van der Waals surface area contributed by atoms with E-state index in [0.717, 1.165) is 37.7 Å². The molecule has 0 spiro atoms. The predicted molar refractivity (Wildman–Crippen MR) is 114 cm³/mol. The summed E-state index contributed by atoms with van der Waals surface area (Å²) in [5.41, 5.74) is 0.952. The van der Waals surface area contributed by atoms with Crippen LogP contribution in [0.1, 0.15) is 70.3 Å². The molecule has 6 nitrogen and oxygen atoms in total. The van der Waals surface area contributed by atoms with Crippen molar-refractivity contribution in [1.82, 2.24) is 9.62 Å². The van der Waals surface area contributed by atoms with Gasteiger partial charge in [0.1, 0.15) is 10.6 Å². The fourth-order valence-corrected chi connectivity index (χ4v) is 6.05. The Balaban J connectivity index is 1.77. The van der Waals surface area contributed by atoms with Crippen molar-refractivity contribution in [2.24, 2.45) is 5.92 Å². The SMILES string of the molecule is COc1ccc(C(C)C)cc1S(=O)(=O)N1CCC[C@H](C(=O)NC2CCCCC2)C1. The van der Waals surface area contributed by atoms with Gasteiger partial charge in [-0.05, 0) is 49.3 Å². The second kappa shape index (κ2) is 9.47. The summed E-state index contributed by atoms with van der Waals surface area (Å²) < 4.78 is 33.6. The second-order valence-corrected chi connectivity index (χ2v) is 10.5. The Morgan fingerprint density at radius 3 is 2.52 bits per heavy atom. The molecular weight excluding hydrogens is 388 g/mol. The molecule has 0 unspecified atom stereocenters. The zero-order valence-electron chi connectivity index (χ0n) is 17.8. The average Bonchev–Trinajstić information content (AvgIpc) is 2.74. The summed E-state index contributed by atoms with van der Waals surface area (Å²) in [5.74, 6) is 0.271. The van der Waals surface area contributed by atoms with Gasteiger partial charge >= 0.3 is 0 Å². The highest BCUT2D eigenvalue weighted by molar-refractivity contribution is 7.89. The van der Waals surface area contributed by atoms with Gasteiger partial charge < -0.3 is 10.1 Å². The van der Waals surface area contributed by atoms with Gasteiger partial charge in [-0.15, -0.1) is 0 Å². The molecule has 1 aliphatic heterocycles. The Morgan fingerprint density at radius 1 is 1.14 bits per heavy atom. The molecule has 1 saturated carbocycles. The van der Waals surface area contributed by atoms with Crippen molar-refractivity contribution in [1.29, 1.82) is 0 Å². The number of rotatable bonds is 6. The summed E-state index contributed by atoms with van der Waals surface area (Å²) in [5, 5.41) is 3.16. The molecule has 2 aliphatic rings. The van der Waals surface area contributed by atoms with E-state index >= 15 is 0 Å². The summed E-state index contributed by atoms with van der Waals surface area (Å²) in [6.45, 7) is 4.73. The Bertz CT molecular complexity index is 816. The number of methoxy groups -OCH3 is 1. The Labute approximate surface area is 175 Å². The van der Waals surface area contributed by atoms with Gasteiger partial charge in [0, 0.05) is 19.1 Å². The number of benzene rings is 1. The molecular formula is C22H34N2O4S. The van der Waals surface area contributed by atoms with Crippen molar-refractivity contribution < 1.29 is 17.9 Å². The number of hydrogen-bond donors (Lipinski definition) is 1. The molecule has 1 N–H and O–H groups in total. The third kappa shape index (κ3) is 5.12. The lowest BCUT2D eigenvalue weighted by atomic mass is 9.93. The van der Waals surface area contributed by atoms with Gasteiger partial charge in [-0.2, -0.15) is 4.31 Å². The molecule has 1 aromatic rings. The molecule has 29 heavy (non-hydrogen) atoms. The van der Waals surface area contributed by atoms with E-state index in [1.54, 1.807) is 12.1 Å². The first-order valence-corrected chi connectivity index (χ1v) is 12.3. The highest BCUT2D eigenvalue weighted by Crippen LogP contribution is 2.32. The van der Waals surface area contributed by atoms with E-state index in [4.69, 9.17) is 4.74 Å². The lowest BCUT2D eigenvalue weighted by molar-refractivity contribution is -0.127. The Hall–Kier alpha value is -1.60. The van der Waals surface area contributed by atoms with Gasteiger partial charge in [0.05, 0.1) is 13.0 Å². The molecule has 7 heteroatoms. The largest absolute Gasteiger partial charge is 0.495 e. The summed E-state index contributed by atoms with van der Waals surface area (Å²) in [6.07, 6.45) is 7.02. The van der Waals surface area contributed by atoms with Crippen molar-refractivity contribution in [3.8, 4) is 5.75 Å². The molecule has 1 aromatic carbocycles. The number of piperidine rings is 1. The predicted octanol–water partition coefficient (Wildman–Crippen LogP) is 3.67. The summed E-state index contributed by atoms with van der Waals surface area (Å²) in [7, 11) is -2.25. The molecule has 1 aliphatic carbocycles. The normalized spacial score (nSPS) is 21.9. The van der Waals surface area contributed by atoms with Gasteiger partial charge in [-0.25, -0.2) is 8.42 Å². The van der Waals surface area contributed by atoms with E-state index in [-0.39, 0.29) is 35.2 Å². The first-order valence-electron chi connectivity index (χ1n) is 10.8. The third-order valence-electron chi connectivity index (χ3n) is 6.18. The third-order valence-corrected chi connectivity index (χ3v) is 8.06. The summed E-state index contributed by atoms with van der Waals surface area (Å²) in [6, 6.07) is 5.58. The lowest BCUT2D eigenvalue weighted by Crippen LogP contribution is -2.47. The first kappa shape index (κ1) is 22.1. The van der Waals surface area contributed by atoms with Crippen LogP contribution in [0.2, 0.25) is 0 Å². The first-order chi connectivity index (χ1) is 13.8. The van der Waals surface area contributed by atoms with E-state index in [2.05, 4.69) is 5.32 Å². The van der Waals surface area contributed by atoms with Crippen LogP contribution < -0.4 is 10.1 Å². The van der Waals surface area contributed by atoms with Gasteiger partial charge in [0.15, 0.2) is 0 Å². The number of nitrogens with one attached hydrogen (secondary N) is 1. The van der Waals surface area contributed by atoms with Crippen LogP contribution in [-0.4, -0.2) is 44.9 Å². The zero-order chi connectivity index (χ0) is 21.0. The molecule has 1 heterocycles. The highest BCUT2D eigenvalue weighted by atomic mass is 32.2. The zero-order valence-corrected chi connectivity index (χ0v) is 18.6. The molecule has 3 rings (SSSR count). The van der Waals surface area contributed by atoms with E-state index in [0.29, 0.717) is 18.7 Å². The quantitative estimate of drug-likeness (QED) is 0.759. The number of carbonyl (C=O) groups excluding carboxylic acids is 1. The second-order valence-electron chi connectivity index (χ2n) is 8.61. The number of amides is 1. The van der Waals surface area contributed by atoms with Crippen LogP contribution in [0.25, 0.3) is 0 Å². The molecule has 0 bridgehead atoms. The van der Waals surface area contributed by atoms with E-state index in [1.807, 2.05) is 19.9 Å². The molecule has 0 aromatic heterocycles. The fourth-order valence-electron chi connectivity index (χ4n) is 4.33. The number of hydrogen-bond acceptors (Lipinski definition) is 4. The standard InChI is InChI=1S/C22H34N2O4S/c1-16(2)17-11-12-20(28-3)21(14-17)29(26,27)24-13-7-8-18(15-24)22(25)23-19-9-5-4-6-10-19/h11-12,14,16,18-19H,4-10,13,15H2,1-3H3,(H,23,25)/t18-/m0/s1. The highest BCUT2D eigenvalue weighted by Gasteiger charge is 2.35. The van der Waals surface area contributed by atoms with Crippen LogP contribution in [0.15, 0.2) is 23.1 Å². The minimum Gasteiger partial charge on any atom is -0.495 e. The number of ether oxygens (including phenoxy) is 1. The maximum atomic E-state index is 13.4. The van der Waals surface area contributed by atoms with Crippen molar-refractivity contribution in [3.05, 3.63) is 23.8 Å². The maximum absolute atomic E-state index is 13.4. The van der Waals surface area contributed by atoms with Gasteiger partial charge in [0.25, 0.3) is 0 Å². The van der Waals surface area contributed by atoms with Gasteiger partial charge in [0.2, 0.25) is 15.9 Å². The van der Waals surface area contributed by atoms with Crippen LogP contribution in [0.4, 0.5) is 0 Å². The summed E-state index contributed by atoms with van der Waals surface area (Å²) in [4.78, 5) is 13.0. The Kier molecular flexibility index (Phi) is 7.22. The molecule has 1 saturated heterocycles. The minimum atomic E-state index is -3.73. The molecule has 0 radical (unpaired) electrons. The van der Waals surface area contributed by atoms with Gasteiger partial charge in [-0.1, -0.05) is 39.2 Å². The van der Waals surface area contributed by atoms with Crippen LogP contribution in [0.5, 0.6) is 5.75 Å². The smallest absolute Gasteiger partial charge is 0.246 e. The molecule has 162 valence electrons. The van der Waals surface area contributed by atoms with Crippen LogP contribution >= 0.6 is 0 Å². The maximum Gasteiger partial charge on any atom is 0.246 e. The topological polar surface area (TPSA) is 75.7 Å². The van der Waals surface area contributed by atoms with E-state index < -0.39 is 10.0 Å². The summed E-state index contributed by atoms with van der Waals surface area (Å²) >= 11 is 0. The lowest BCUT2D eigenvalue weighted by Gasteiger charge is -2.33. The minimum absolute atomic E-state index is 0.000281. The van der Waals surface area contributed by atoms with Crippen LogP contribution in [0, 0.1) is 5.92 Å². The average molecular weight is 423 g/mol. The van der Waals surface area contributed by atoms with Crippen molar-refractivity contribution in [2.75, 3.05) is 20.2 Å². The van der Waals surface area contributed by atoms with Crippen LogP contribution in [0.3, 0.4) is 0 Å². The number of sulfonamides is 1. The van der Waals surface area contributed by atoms with Gasteiger partial charge in [-0.3, -0.25) is 4.79 Å². The fraction of sp³-hybridized carbons (Fsp3) is 0.682. The molecule has 2 fully saturated rings. The van der Waals surface area contributed by atoms with E-state index in [1.165, 1.54) is 17.8 Å². The number of carbonyl (C=O) groups is 1. The van der Waals surface area contributed by atoms with Crippen molar-refractivity contribution in [3.63, 3.8) is 0 Å². The molecule has 1 amide bonds. The number of nitrogens with zero attached hydrogens (tertiary/aromatic N) is 1. The van der Waals surface area contributed by atoms with Crippen LogP contribution in [-0.2, 0) is 14.8 Å². The van der Waals surface area contributed by atoms with Crippen molar-refractivity contribution in [2.45, 2.75) is 75.6 Å². The molecule has 1 atom stereocenters. The van der Waals surface area contributed by atoms with Crippen molar-refractivity contribution >= 4 is 15.9 Å². The monoisotopic (exact) mass is 422 g/mol. The Morgan fingerprint density at radius 2 is 1.86 bits per heavy atom.